The van der Waals surface area contributed by atoms with E-state index in [9.17, 15) is 5.11 Å². The fraction of sp³-hybridized carbons (Fsp3) is 0.684. The second-order valence-corrected chi connectivity index (χ2v) is 8.20. The minimum Gasteiger partial charge on any atom is -0.507 e. The van der Waals surface area contributed by atoms with Crippen molar-refractivity contribution in [3.8, 4) is 11.5 Å². The van der Waals surface area contributed by atoms with Crippen LogP contribution in [0.3, 0.4) is 0 Å². The Bertz CT molecular complexity index is 572. The molecule has 1 aromatic carbocycles. The van der Waals surface area contributed by atoms with Crippen LogP contribution in [0.2, 0.25) is 0 Å². The zero-order chi connectivity index (χ0) is 16.7. The second kappa shape index (κ2) is 5.77. The Morgan fingerprint density at radius 1 is 1.09 bits per heavy atom. The van der Waals surface area contributed by atoms with Gasteiger partial charge in [-0.15, -0.1) is 0 Å². The average Bonchev–Trinajstić information content (AvgIpc) is 2.41. The van der Waals surface area contributed by atoms with E-state index in [-0.39, 0.29) is 5.60 Å². The molecular weight excluding hydrogens is 274 g/mol. The van der Waals surface area contributed by atoms with Crippen LogP contribution in [0.1, 0.15) is 48.4 Å². The molecule has 0 saturated carbocycles. The van der Waals surface area contributed by atoms with E-state index in [4.69, 9.17) is 4.74 Å². The number of fused-ring (bicyclic) bond motifs is 1. The van der Waals surface area contributed by atoms with Crippen molar-refractivity contribution in [1.29, 1.82) is 0 Å². The van der Waals surface area contributed by atoms with Crippen LogP contribution in [0.15, 0.2) is 0 Å². The average molecular weight is 306 g/mol. The lowest BCUT2D eigenvalue weighted by atomic mass is 9.85. The van der Waals surface area contributed by atoms with E-state index in [0.717, 1.165) is 46.2 Å². The number of ether oxygens (including phenoxy) is 1. The maximum atomic E-state index is 10.2. The number of quaternary nitrogens is 1. The van der Waals surface area contributed by atoms with E-state index in [0.29, 0.717) is 5.75 Å². The molecule has 1 heterocycles. The minimum atomic E-state index is -0.0806. The highest BCUT2D eigenvalue weighted by Crippen LogP contribution is 2.44. The molecule has 0 spiro atoms. The van der Waals surface area contributed by atoms with Crippen LogP contribution in [0.4, 0.5) is 0 Å². The van der Waals surface area contributed by atoms with Crippen LogP contribution in [0.5, 0.6) is 11.5 Å². The van der Waals surface area contributed by atoms with Gasteiger partial charge in [-0.2, -0.15) is 0 Å². The molecule has 3 nitrogen and oxygen atoms in total. The molecule has 0 radical (unpaired) electrons. The Labute approximate surface area is 135 Å². The topological polar surface area (TPSA) is 29.5 Å². The number of phenols is 1. The van der Waals surface area contributed by atoms with Crippen LogP contribution < -0.4 is 4.74 Å². The quantitative estimate of drug-likeness (QED) is 0.855. The summed E-state index contributed by atoms with van der Waals surface area (Å²) in [6.45, 7) is 9.44. The summed E-state index contributed by atoms with van der Waals surface area (Å²) < 4.78 is 7.46. The van der Waals surface area contributed by atoms with Gasteiger partial charge in [0.1, 0.15) is 17.1 Å². The lowest BCUT2D eigenvalue weighted by Crippen LogP contribution is -2.40. The monoisotopic (exact) mass is 306 g/mol. The summed E-state index contributed by atoms with van der Waals surface area (Å²) in [5.74, 6) is 1.46. The Morgan fingerprint density at radius 3 is 2.32 bits per heavy atom. The molecule has 3 heteroatoms. The highest BCUT2D eigenvalue weighted by atomic mass is 16.5. The predicted octanol–water partition coefficient (Wildman–Crippen LogP) is 3.89. The number of benzene rings is 1. The van der Waals surface area contributed by atoms with E-state index in [1.807, 2.05) is 13.8 Å². The smallest absolute Gasteiger partial charge is 0.127 e. The summed E-state index contributed by atoms with van der Waals surface area (Å²) in [7, 11) is 6.71. The first-order valence-electron chi connectivity index (χ1n) is 8.35. The van der Waals surface area contributed by atoms with Crippen LogP contribution in [-0.4, -0.2) is 42.9 Å². The normalized spacial score (nSPS) is 21.4. The van der Waals surface area contributed by atoms with Crippen LogP contribution >= 0.6 is 0 Å². The van der Waals surface area contributed by atoms with Gasteiger partial charge in [0.25, 0.3) is 0 Å². The van der Waals surface area contributed by atoms with E-state index in [1.54, 1.807) is 0 Å². The highest BCUT2D eigenvalue weighted by molar-refractivity contribution is 5.58. The Morgan fingerprint density at radius 2 is 1.73 bits per heavy atom. The maximum Gasteiger partial charge on any atom is 0.127 e. The van der Waals surface area contributed by atoms with Gasteiger partial charge in [0.05, 0.1) is 27.7 Å². The second-order valence-electron chi connectivity index (χ2n) is 8.20. The zero-order valence-corrected chi connectivity index (χ0v) is 15.3. The number of hydrogen-bond donors (Lipinski definition) is 1. The number of nitrogens with zero attached hydrogens (tertiary/aromatic N) is 1. The molecule has 1 aliphatic rings. The molecule has 124 valence electrons. The summed E-state index contributed by atoms with van der Waals surface area (Å²) in [5, 5.41) is 10.2. The zero-order valence-electron chi connectivity index (χ0n) is 15.3. The van der Waals surface area contributed by atoms with Gasteiger partial charge in [-0.25, -0.2) is 0 Å². The molecule has 0 fully saturated rings. The Balaban J connectivity index is 2.20. The van der Waals surface area contributed by atoms with Gasteiger partial charge < -0.3 is 14.3 Å². The Hall–Kier alpha value is -1.22. The summed E-state index contributed by atoms with van der Waals surface area (Å²) in [5.41, 5.74) is 4.15. The molecule has 0 amide bonds. The van der Waals surface area contributed by atoms with Gasteiger partial charge in [0.2, 0.25) is 0 Å². The number of rotatable bonds is 4. The van der Waals surface area contributed by atoms with Crippen molar-refractivity contribution >= 4 is 0 Å². The number of aromatic hydroxyl groups is 1. The van der Waals surface area contributed by atoms with Gasteiger partial charge in [-0.3, -0.25) is 0 Å². The van der Waals surface area contributed by atoms with Crippen molar-refractivity contribution in [2.75, 3.05) is 27.7 Å². The first kappa shape index (κ1) is 17.1. The van der Waals surface area contributed by atoms with Gasteiger partial charge in [0, 0.05) is 12.0 Å². The molecule has 0 aromatic heterocycles. The summed E-state index contributed by atoms with van der Waals surface area (Å²) in [4.78, 5) is 0. The first-order valence-corrected chi connectivity index (χ1v) is 8.35. The third-order valence-corrected chi connectivity index (χ3v) is 5.13. The molecule has 0 aliphatic carbocycles. The van der Waals surface area contributed by atoms with Crippen LogP contribution in [-0.2, 0) is 6.42 Å². The van der Waals surface area contributed by atoms with Crippen molar-refractivity contribution in [3.05, 3.63) is 22.3 Å². The predicted molar refractivity (Wildman–Crippen MR) is 91.8 cm³/mol. The van der Waals surface area contributed by atoms with Crippen molar-refractivity contribution in [2.24, 2.45) is 0 Å². The minimum absolute atomic E-state index is 0.0806. The largest absolute Gasteiger partial charge is 0.507 e. The third-order valence-electron chi connectivity index (χ3n) is 5.13. The molecule has 1 aromatic rings. The number of phenolic OH excluding ortho intramolecular Hbond substituents is 1. The fourth-order valence-electron chi connectivity index (χ4n) is 3.40. The Kier molecular flexibility index (Phi) is 4.49. The van der Waals surface area contributed by atoms with Crippen LogP contribution in [0.25, 0.3) is 0 Å². The lowest BCUT2D eigenvalue weighted by molar-refractivity contribution is -0.870. The molecule has 1 atom stereocenters. The van der Waals surface area contributed by atoms with Crippen molar-refractivity contribution in [1.82, 2.24) is 0 Å². The molecule has 1 aliphatic heterocycles. The van der Waals surface area contributed by atoms with Crippen molar-refractivity contribution < 1.29 is 14.3 Å². The fourth-order valence-corrected chi connectivity index (χ4v) is 3.40. The van der Waals surface area contributed by atoms with Crippen molar-refractivity contribution in [2.45, 2.75) is 59.0 Å². The molecule has 22 heavy (non-hydrogen) atoms. The third kappa shape index (κ3) is 3.40. The van der Waals surface area contributed by atoms with Gasteiger partial charge >= 0.3 is 0 Å². The van der Waals surface area contributed by atoms with Gasteiger partial charge in [-0.1, -0.05) is 0 Å². The molecular formula is C19H32NO2+. The SMILES string of the molecule is Cc1c(C)c2c(c(C)c1O)CCC(C)(CCC[N+](C)(C)C)O2. The summed E-state index contributed by atoms with van der Waals surface area (Å²) in [6, 6.07) is 0. The highest BCUT2D eigenvalue weighted by Gasteiger charge is 2.34. The summed E-state index contributed by atoms with van der Waals surface area (Å²) >= 11 is 0. The molecule has 2 rings (SSSR count). The first-order chi connectivity index (χ1) is 10.0. The number of hydrogen-bond acceptors (Lipinski definition) is 2. The lowest BCUT2D eigenvalue weighted by Gasteiger charge is -2.38. The van der Waals surface area contributed by atoms with Crippen LogP contribution in [0, 0.1) is 20.8 Å². The summed E-state index contributed by atoms with van der Waals surface area (Å²) in [6.07, 6.45) is 4.28. The molecule has 1 unspecified atom stereocenters. The standard InChI is InChI=1S/C19H31NO2/c1-13-14(2)18-16(15(3)17(13)21)9-11-19(4,22-18)10-8-12-20(5,6)7/h8-12H2,1-7H3/p+1. The van der Waals surface area contributed by atoms with E-state index >= 15 is 0 Å². The van der Waals surface area contributed by atoms with E-state index in [1.165, 1.54) is 18.5 Å². The van der Waals surface area contributed by atoms with E-state index in [2.05, 4.69) is 35.0 Å². The molecule has 1 N–H and O–H groups in total. The maximum absolute atomic E-state index is 10.2. The molecule has 0 saturated heterocycles. The van der Waals surface area contributed by atoms with E-state index < -0.39 is 0 Å². The van der Waals surface area contributed by atoms with Crippen molar-refractivity contribution in [3.63, 3.8) is 0 Å². The van der Waals surface area contributed by atoms with Gasteiger partial charge in [-0.05, 0) is 63.6 Å². The molecule has 0 bridgehead atoms. The van der Waals surface area contributed by atoms with Gasteiger partial charge in [0.15, 0.2) is 0 Å².